The van der Waals surface area contributed by atoms with Crippen LogP contribution < -0.4 is 0 Å². The summed E-state index contributed by atoms with van der Waals surface area (Å²) in [7, 11) is 0. The number of fused-ring (bicyclic) bond motifs is 6. The summed E-state index contributed by atoms with van der Waals surface area (Å²) >= 11 is 0. The molecule has 290 valence electrons. The molecule has 1 atom stereocenters. The van der Waals surface area contributed by atoms with Crippen molar-refractivity contribution in [1.82, 2.24) is 4.57 Å². The molecule has 1 aromatic heterocycles. The monoisotopic (exact) mass is 779 g/mol. The van der Waals surface area contributed by atoms with Crippen molar-refractivity contribution in [3.05, 3.63) is 252 Å². The minimum atomic E-state index is -0.194. The van der Waals surface area contributed by atoms with E-state index in [4.69, 9.17) is 0 Å². The summed E-state index contributed by atoms with van der Waals surface area (Å²) in [5, 5.41) is 2.57. The summed E-state index contributed by atoms with van der Waals surface area (Å²) in [6.07, 6.45) is 1.88. The summed E-state index contributed by atoms with van der Waals surface area (Å²) in [5.41, 5.74) is 21.1. The normalized spacial score (nSPS) is 13.2. The van der Waals surface area contributed by atoms with E-state index in [1.165, 1.54) is 99.8 Å². The lowest BCUT2D eigenvalue weighted by Crippen LogP contribution is -2.16. The van der Waals surface area contributed by atoms with Crippen LogP contribution in [0.15, 0.2) is 219 Å². The molecule has 1 aliphatic carbocycles. The standard InChI is InChI=1S/C60H45N/c1-4-40-18-20-42(21-19-40)44-22-24-45(25-23-44)46-28-32-48(33-29-46)59(47-30-26-43(27-31-47)41-12-6-5-7-13-41)49-34-36-51-52-37-35-50(39-56(52)60(2,3)55(51)38-49)61-57-16-10-8-14-53(57)54-15-9-11-17-58(54)61/h4-39,59H,1H2,2-3H3. The average molecular weight is 780 g/mol. The number of nitrogens with zero attached hydrogens (tertiary/aromatic N) is 1. The molecule has 0 amide bonds. The molecule has 9 aromatic carbocycles. The van der Waals surface area contributed by atoms with Crippen LogP contribution in [0.25, 0.3) is 78.1 Å². The molecule has 0 saturated carbocycles. The maximum Gasteiger partial charge on any atom is 0.0541 e. The number of benzene rings is 9. The Balaban J connectivity index is 0.970. The average Bonchev–Trinajstić information content (AvgIpc) is 3.77. The molecule has 0 radical (unpaired) electrons. The molecule has 11 rings (SSSR count). The van der Waals surface area contributed by atoms with Gasteiger partial charge in [0.1, 0.15) is 0 Å². The molecule has 0 fully saturated rings. The van der Waals surface area contributed by atoms with Crippen molar-refractivity contribution < 1.29 is 0 Å². The second-order valence-corrected chi connectivity index (χ2v) is 17.0. The largest absolute Gasteiger partial charge is 0.309 e. The Bertz CT molecular complexity index is 3180. The Morgan fingerprint density at radius 2 is 0.820 bits per heavy atom. The zero-order chi connectivity index (χ0) is 41.1. The number of rotatable bonds is 8. The van der Waals surface area contributed by atoms with E-state index < -0.39 is 0 Å². The number of hydrogen-bond donors (Lipinski definition) is 0. The van der Waals surface area contributed by atoms with Crippen LogP contribution in [-0.4, -0.2) is 4.57 Å². The van der Waals surface area contributed by atoms with E-state index in [1.807, 2.05) is 6.08 Å². The van der Waals surface area contributed by atoms with Gasteiger partial charge >= 0.3 is 0 Å². The molecule has 1 nitrogen and oxygen atoms in total. The van der Waals surface area contributed by atoms with Crippen molar-refractivity contribution in [3.8, 4) is 50.2 Å². The number of para-hydroxylation sites is 2. The third kappa shape index (κ3) is 6.24. The van der Waals surface area contributed by atoms with Crippen LogP contribution in [0.4, 0.5) is 0 Å². The Morgan fingerprint density at radius 1 is 0.410 bits per heavy atom. The quantitative estimate of drug-likeness (QED) is 0.135. The van der Waals surface area contributed by atoms with Gasteiger partial charge < -0.3 is 4.57 Å². The van der Waals surface area contributed by atoms with Crippen LogP contribution in [0.2, 0.25) is 0 Å². The van der Waals surface area contributed by atoms with E-state index in [-0.39, 0.29) is 11.3 Å². The van der Waals surface area contributed by atoms with Crippen LogP contribution in [0, 0.1) is 0 Å². The van der Waals surface area contributed by atoms with Crippen molar-refractivity contribution in [2.75, 3.05) is 0 Å². The van der Waals surface area contributed by atoms with E-state index in [0.717, 1.165) is 5.56 Å². The van der Waals surface area contributed by atoms with E-state index in [0.29, 0.717) is 0 Å². The molecule has 0 saturated heterocycles. The smallest absolute Gasteiger partial charge is 0.0541 e. The highest BCUT2D eigenvalue weighted by Gasteiger charge is 2.37. The predicted octanol–water partition coefficient (Wildman–Crippen LogP) is 15.9. The van der Waals surface area contributed by atoms with E-state index in [9.17, 15) is 0 Å². The first kappa shape index (κ1) is 36.6. The van der Waals surface area contributed by atoms with Gasteiger partial charge in [-0.15, -0.1) is 0 Å². The van der Waals surface area contributed by atoms with Gasteiger partial charge in [0, 0.05) is 27.8 Å². The lowest BCUT2D eigenvalue weighted by atomic mass is 9.78. The van der Waals surface area contributed by atoms with Crippen molar-refractivity contribution >= 4 is 27.9 Å². The zero-order valence-electron chi connectivity index (χ0n) is 34.5. The Morgan fingerprint density at radius 3 is 1.34 bits per heavy atom. The molecular formula is C60H45N. The van der Waals surface area contributed by atoms with Gasteiger partial charge in [-0.3, -0.25) is 0 Å². The fourth-order valence-electron chi connectivity index (χ4n) is 9.87. The summed E-state index contributed by atoms with van der Waals surface area (Å²) in [4.78, 5) is 0. The van der Waals surface area contributed by atoms with Crippen molar-refractivity contribution in [2.45, 2.75) is 25.2 Å². The lowest BCUT2D eigenvalue weighted by Gasteiger charge is -2.25. The second kappa shape index (κ2) is 14.7. The van der Waals surface area contributed by atoms with Gasteiger partial charge in [-0.2, -0.15) is 0 Å². The maximum atomic E-state index is 3.90. The summed E-state index contributed by atoms with van der Waals surface area (Å²) < 4.78 is 2.44. The molecule has 0 N–H and O–H groups in total. The highest BCUT2D eigenvalue weighted by molar-refractivity contribution is 6.09. The van der Waals surface area contributed by atoms with Crippen molar-refractivity contribution in [3.63, 3.8) is 0 Å². The maximum absolute atomic E-state index is 3.90. The first-order valence-electron chi connectivity index (χ1n) is 21.3. The van der Waals surface area contributed by atoms with E-state index in [2.05, 4.69) is 237 Å². The highest BCUT2D eigenvalue weighted by atomic mass is 15.0. The first-order valence-corrected chi connectivity index (χ1v) is 21.3. The molecule has 1 heteroatoms. The third-order valence-electron chi connectivity index (χ3n) is 13.1. The summed E-state index contributed by atoms with van der Waals surface area (Å²) in [6.45, 7) is 8.69. The van der Waals surface area contributed by atoms with Crippen LogP contribution in [0.1, 0.15) is 53.1 Å². The first-order chi connectivity index (χ1) is 29.9. The minimum Gasteiger partial charge on any atom is -0.309 e. The Kier molecular flexibility index (Phi) is 8.79. The summed E-state index contributed by atoms with van der Waals surface area (Å²) in [5.74, 6) is 0.0535. The number of aromatic nitrogens is 1. The van der Waals surface area contributed by atoms with Crippen LogP contribution in [0.3, 0.4) is 0 Å². The Labute approximate surface area is 358 Å². The van der Waals surface area contributed by atoms with E-state index >= 15 is 0 Å². The fraction of sp³-hybridized carbons (Fsp3) is 0.0667. The van der Waals surface area contributed by atoms with Gasteiger partial charge in [-0.25, -0.2) is 0 Å². The molecule has 0 spiro atoms. The second-order valence-electron chi connectivity index (χ2n) is 17.0. The SMILES string of the molecule is C=Cc1ccc(-c2ccc(-c3ccc(C(c4ccc(-c5ccccc5)cc4)c4ccc5c(c4)C(C)(C)c4cc(-n6c7ccccc7c7ccccc76)ccc4-5)cc3)cc2)cc1. The van der Waals surface area contributed by atoms with Gasteiger partial charge in [0.25, 0.3) is 0 Å². The topological polar surface area (TPSA) is 4.93 Å². The fourth-order valence-corrected chi connectivity index (χ4v) is 9.87. The van der Waals surface area contributed by atoms with Crippen LogP contribution in [-0.2, 0) is 5.41 Å². The molecule has 1 aliphatic rings. The van der Waals surface area contributed by atoms with Crippen molar-refractivity contribution in [2.24, 2.45) is 0 Å². The lowest BCUT2D eigenvalue weighted by molar-refractivity contribution is 0.658. The number of hydrogen-bond acceptors (Lipinski definition) is 0. The molecule has 0 aliphatic heterocycles. The Hall–Kier alpha value is -7.48. The van der Waals surface area contributed by atoms with E-state index in [1.54, 1.807) is 0 Å². The highest BCUT2D eigenvalue weighted by Crippen LogP contribution is 2.51. The third-order valence-corrected chi connectivity index (χ3v) is 13.1. The molecule has 0 bridgehead atoms. The van der Waals surface area contributed by atoms with Gasteiger partial charge in [-0.1, -0.05) is 215 Å². The van der Waals surface area contributed by atoms with Gasteiger partial charge in [0.05, 0.1) is 11.0 Å². The summed E-state index contributed by atoms with van der Waals surface area (Å²) in [6, 6.07) is 78.5. The molecule has 10 aromatic rings. The van der Waals surface area contributed by atoms with Crippen LogP contribution >= 0.6 is 0 Å². The van der Waals surface area contributed by atoms with Gasteiger partial charge in [0.2, 0.25) is 0 Å². The molecule has 1 heterocycles. The van der Waals surface area contributed by atoms with Gasteiger partial charge in [0.15, 0.2) is 0 Å². The van der Waals surface area contributed by atoms with Crippen molar-refractivity contribution in [1.29, 1.82) is 0 Å². The minimum absolute atomic E-state index is 0.0535. The molecule has 61 heavy (non-hydrogen) atoms. The molecule has 1 unspecified atom stereocenters. The van der Waals surface area contributed by atoms with Crippen LogP contribution in [0.5, 0.6) is 0 Å². The predicted molar refractivity (Wildman–Crippen MR) is 259 cm³/mol. The zero-order valence-corrected chi connectivity index (χ0v) is 34.5. The van der Waals surface area contributed by atoms with Gasteiger partial charge in [-0.05, 0) is 102 Å². The molecular weight excluding hydrogens is 735 g/mol.